The van der Waals surface area contributed by atoms with Crippen LogP contribution in [0.3, 0.4) is 0 Å². The highest BCUT2D eigenvalue weighted by Crippen LogP contribution is 2.19. The molecule has 1 fully saturated rings. The lowest BCUT2D eigenvalue weighted by Gasteiger charge is -2.33. The van der Waals surface area contributed by atoms with Gasteiger partial charge in [0.1, 0.15) is 6.26 Å². The Labute approximate surface area is 167 Å². The van der Waals surface area contributed by atoms with E-state index in [4.69, 9.17) is 4.42 Å². The minimum Gasteiger partial charge on any atom is -0.444 e. The normalized spacial score (nSPS) is 17.4. The smallest absolute Gasteiger partial charge is 0.314 e. The average molecular weight is 385 g/mol. The van der Waals surface area contributed by atoms with E-state index >= 15 is 0 Å². The van der Waals surface area contributed by atoms with Crippen molar-refractivity contribution in [1.82, 2.24) is 20.5 Å². The number of benzene rings is 1. The van der Waals surface area contributed by atoms with E-state index in [0.29, 0.717) is 31.4 Å². The Kier molecular flexibility index (Phi) is 7.48. The lowest BCUT2D eigenvalue weighted by atomic mass is 10.0. The largest absolute Gasteiger partial charge is 0.444 e. The molecule has 3 rings (SSSR count). The predicted octanol–water partition coefficient (Wildman–Crippen LogP) is 3.76. The van der Waals surface area contributed by atoms with E-state index in [1.165, 1.54) is 31.4 Å². The Morgan fingerprint density at radius 3 is 2.79 bits per heavy atom. The van der Waals surface area contributed by atoms with E-state index in [-0.39, 0.29) is 6.03 Å². The number of oxazole rings is 1. The van der Waals surface area contributed by atoms with Crippen LogP contribution in [0.5, 0.6) is 0 Å². The Bertz CT molecular complexity index is 741. The second-order valence-corrected chi connectivity index (χ2v) is 7.68. The number of piperidine rings is 1. The molecular weight excluding hydrogens is 352 g/mol. The van der Waals surface area contributed by atoms with E-state index in [2.05, 4.69) is 34.4 Å². The first-order valence-corrected chi connectivity index (χ1v) is 10.4. The van der Waals surface area contributed by atoms with Crippen LogP contribution in [0.4, 0.5) is 4.79 Å². The number of nitrogens with one attached hydrogen (secondary N) is 2. The Morgan fingerprint density at radius 2 is 2.00 bits per heavy atom. The van der Waals surface area contributed by atoms with Gasteiger partial charge in [-0.1, -0.05) is 24.1 Å². The molecule has 0 saturated carbocycles. The molecule has 1 atom stereocenters. The highest BCUT2D eigenvalue weighted by atomic mass is 16.3. The molecule has 2 aromatic rings. The van der Waals surface area contributed by atoms with Gasteiger partial charge in [0.25, 0.3) is 0 Å². The van der Waals surface area contributed by atoms with E-state index in [1.54, 1.807) is 6.26 Å². The number of hydrogen-bond acceptors (Lipinski definition) is 4. The molecule has 28 heavy (non-hydrogen) atoms. The topological polar surface area (TPSA) is 70.4 Å². The van der Waals surface area contributed by atoms with E-state index in [0.717, 1.165) is 24.2 Å². The highest BCUT2D eigenvalue weighted by molar-refractivity contribution is 5.73. The number of carbonyl (C=O) groups excluding carboxylic acids is 1. The molecule has 1 aromatic carbocycles. The van der Waals surface area contributed by atoms with Crippen LogP contribution in [-0.2, 0) is 6.42 Å². The molecule has 1 aliphatic heterocycles. The molecule has 0 bridgehead atoms. The maximum absolute atomic E-state index is 11.9. The molecule has 2 heterocycles. The molecule has 152 valence electrons. The fourth-order valence-electron chi connectivity index (χ4n) is 3.59. The van der Waals surface area contributed by atoms with Gasteiger partial charge in [-0.05, 0) is 51.8 Å². The maximum atomic E-state index is 11.9. The van der Waals surface area contributed by atoms with Crippen molar-refractivity contribution in [3.63, 3.8) is 0 Å². The summed E-state index contributed by atoms with van der Waals surface area (Å²) in [5.74, 6) is 0.617. The molecule has 0 aliphatic carbocycles. The number of nitrogens with zero attached hydrogens (tertiary/aromatic N) is 2. The standard InChI is InChI=1S/C22H32N4O2/c1-17-7-9-19(10-8-17)21-25-20(16-28-21)11-13-24-22(27)23-12-5-15-26-14-4-3-6-18(26)2/h7-10,16,18H,3-6,11-15H2,1-2H3,(H2,23,24,27). The Hall–Kier alpha value is -2.34. The predicted molar refractivity (Wildman–Crippen MR) is 111 cm³/mol. The molecule has 1 aromatic heterocycles. The fraction of sp³-hybridized carbons (Fsp3) is 0.545. The van der Waals surface area contributed by atoms with E-state index in [9.17, 15) is 4.79 Å². The van der Waals surface area contributed by atoms with Gasteiger partial charge in [-0.25, -0.2) is 9.78 Å². The maximum Gasteiger partial charge on any atom is 0.314 e. The molecule has 1 aliphatic rings. The number of aromatic nitrogens is 1. The first-order chi connectivity index (χ1) is 13.6. The monoisotopic (exact) mass is 384 g/mol. The highest BCUT2D eigenvalue weighted by Gasteiger charge is 2.17. The number of amides is 2. The molecule has 2 amide bonds. The van der Waals surface area contributed by atoms with Crippen LogP contribution in [0.1, 0.15) is 43.9 Å². The third kappa shape index (κ3) is 6.09. The Balaban J connectivity index is 1.30. The Morgan fingerprint density at radius 1 is 1.21 bits per heavy atom. The molecule has 0 spiro atoms. The third-order valence-electron chi connectivity index (χ3n) is 5.37. The molecule has 1 unspecified atom stereocenters. The molecular formula is C22H32N4O2. The quantitative estimate of drug-likeness (QED) is 0.680. The van der Waals surface area contributed by atoms with Crippen molar-refractivity contribution in [1.29, 1.82) is 0 Å². The number of aryl methyl sites for hydroxylation is 1. The lowest BCUT2D eigenvalue weighted by molar-refractivity contribution is 0.159. The van der Waals surface area contributed by atoms with Crippen LogP contribution >= 0.6 is 0 Å². The summed E-state index contributed by atoms with van der Waals surface area (Å²) in [5, 5.41) is 5.83. The zero-order valence-corrected chi connectivity index (χ0v) is 17.0. The summed E-state index contributed by atoms with van der Waals surface area (Å²) >= 11 is 0. The average Bonchev–Trinajstić information content (AvgIpc) is 3.16. The summed E-state index contributed by atoms with van der Waals surface area (Å²) in [7, 11) is 0. The summed E-state index contributed by atoms with van der Waals surface area (Å²) in [6, 6.07) is 8.64. The SMILES string of the molecule is Cc1ccc(-c2nc(CCNC(=O)NCCCN3CCCCC3C)co2)cc1. The molecule has 6 heteroatoms. The van der Waals surface area contributed by atoms with Gasteiger partial charge in [0.05, 0.1) is 5.69 Å². The number of carbonyl (C=O) groups is 1. The van der Waals surface area contributed by atoms with Crippen molar-refractivity contribution in [3.8, 4) is 11.5 Å². The minimum absolute atomic E-state index is 0.117. The number of hydrogen-bond donors (Lipinski definition) is 2. The summed E-state index contributed by atoms with van der Waals surface area (Å²) < 4.78 is 5.55. The zero-order chi connectivity index (χ0) is 19.8. The zero-order valence-electron chi connectivity index (χ0n) is 17.0. The van der Waals surface area contributed by atoms with Crippen LogP contribution in [-0.4, -0.2) is 48.1 Å². The van der Waals surface area contributed by atoms with Gasteiger partial charge in [-0.2, -0.15) is 0 Å². The van der Waals surface area contributed by atoms with Gasteiger partial charge in [0, 0.05) is 37.7 Å². The number of urea groups is 1. The summed E-state index contributed by atoms with van der Waals surface area (Å²) in [5.41, 5.74) is 3.01. The third-order valence-corrected chi connectivity index (χ3v) is 5.37. The van der Waals surface area contributed by atoms with Gasteiger partial charge in [0.2, 0.25) is 5.89 Å². The van der Waals surface area contributed by atoms with Gasteiger partial charge in [-0.15, -0.1) is 0 Å². The van der Waals surface area contributed by atoms with Crippen molar-refractivity contribution in [2.24, 2.45) is 0 Å². The van der Waals surface area contributed by atoms with Crippen molar-refractivity contribution in [2.75, 3.05) is 26.2 Å². The van der Waals surface area contributed by atoms with E-state index < -0.39 is 0 Å². The minimum atomic E-state index is -0.117. The summed E-state index contributed by atoms with van der Waals surface area (Å²) in [4.78, 5) is 19.0. The number of likely N-dealkylation sites (tertiary alicyclic amines) is 1. The van der Waals surface area contributed by atoms with Crippen LogP contribution in [0.25, 0.3) is 11.5 Å². The fourth-order valence-corrected chi connectivity index (χ4v) is 3.59. The van der Waals surface area contributed by atoms with Gasteiger partial charge >= 0.3 is 6.03 Å². The first kappa shape index (κ1) is 20.4. The molecule has 0 radical (unpaired) electrons. The molecule has 6 nitrogen and oxygen atoms in total. The van der Waals surface area contributed by atoms with Gasteiger partial charge in [0.15, 0.2) is 0 Å². The second kappa shape index (κ2) is 10.3. The lowest BCUT2D eigenvalue weighted by Crippen LogP contribution is -2.41. The summed E-state index contributed by atoms with van der Waals surface area (Å²) in [6.45, 7) is 7.84. The van der Waals surface area contributed by atoms with Crippen LogP contribution in [0, 0.1) is 6.92 Å². The van der Waals surface area contributed by atoms with Crippen molar-refractivity contribution < 1.29 is 9.21 Å². The van der Waals surface area contributed by atoms with Crippen molar-refractivity contribution in [3.05, 3.63) is 41.8 Å². The first-order valence-electron chi connectivity index (χ1n) is 10.4. The summed E-state index contributed by atoms with van der Waals surface area (Å²) in [6.07, 6.45) is 7.23. The van der Waals surface area contributed by atoms with Crippen molar-refractivity contribution >= 4 is 6.03 Å². The molecule has 1 saturated heterocycles. The second-order valence-electron chi connectivity index (χ2n) is 7.68. The van der Waals surface area contributed by atoms with Gasteiger partial charge in [-0.3, -0.25) is 0 Å². The van der Waals surface area contributed by atoms with Crippen LogP contribution in [0.15, 0.2) is 34.9 Å². The van der Waals surface area contributed by atoms with E-state index in [1.807, 2.05) is 24.3 Å². The van der Waals surface area contributed by atoms with Crippen LogP contribution < -0.4 is 10.6 Å². The van der Waals surface area contributed by atoms with Crippen LogP contribution in [0.2, 0.25) is 0 Å². The van der Waals surface area contributed by atoms with Gasteiger partial charge < -0.3 is 20.0 Å². The molecule has 2 N–H and O–H groups in total. The number of rotatable bonds is 8. The van der Waals surface area contributed by atoms with Crippen molar-refractivity contribution in [2.45, 2.75) is 52.0 Å².